The summed E-state index contributed by atoms with van der Waals surface area (Å²) in [7, 11) is -3.31. The molecule has 1 heterocycles. The maximum atomic E-state index is 12.8. The summed E-state index contributed by atoms with van der Waals surface area (Å²) in [6, 6.07) is 22.9. The number of halogens is 1. The number of alkyl halides is 1. The van der Waals surface area contributed by atoms with E-state index in [0.29, 0.717) is 18.1 Å². The van der Waals surface area contributed by atoms with Crippen LogP contribution >= 0.6 is 0 Å². The Labute approximate surface area is 222 Å². The minimum absolute atomic E-state index is 0.145. The van der Waals surface area contributed by atoms with Gasteiger partial charge in [0, 0.05) is 36.2 Å². The SMILES string of the molecule is CS(=O)(=O)c1ccc(-c2ccc3cc(O)ccc3c2Oc2ccc(OCCN3CCC(CF)C3)cc2)cc1. The van der Waals surface area contributed by atoms with Crippen LogP contribution in [0.15, 0.2) is 83.8 Å². The molecule has 0 aromatic heterocycles. The van der Waals surface area contributed by atoms with E-state index in [0.717, 1.165) is 53.7 Å². The molecular weight excluding hydrogens is 505 g/mol. The lowest BCUT2D eigenvalue weighted by atomic mass is 9.99. The zero-order chi connectivity index (χ0) is 26.7. The first kappa shape index (κ1) is 26.0. The van der Waals surface area contributed by atoms with Crippen LogP contribution in [0.25, 0.3) is 21.9 Å². The Morgan fingerprint density at radius 2 is 1.71 bits per heavy atom. The summed E-state index contributed by atoms with van der Waals surface area (Å²) in [6.45, 7) is 2.73. The van der Waals surface area contributed by atoms with Crippen LogP contribution in [0.3, 0.4) is 0 Å². The number of benzene rings is 4. The molecule has 198 valence electrons. The van der Waals surface area contributed by atoms with Gasteiger partial charge in [-0.1, -0.05) is 18.2 Å². The quantitative estimate of drug-likeness (QED) is 0.280. The smallest absolute Gasteiger partial charge is 0.175 e. The molecule has 6 nitrogen and oxygen atoms in total. The van der Waals surface area contributed by atoms with Gasteiger partial charge < -0.3 is 14.6 Å². The van der Waals surface area contributed by atoms with Gasteiger partial charge in [-0.15, -0.1) is 0 Å². The highest BCUT2D eigenvalue weighted by molar-refractivity contribution is 7.90. The van der Waals surface area contributed by atoms with E-state index >= 15 is 0 Å². The second-order valence-electron chi connectivity index (χ2n) is 9.68. The summed E-state index contributed by atoms with van der Waals surface area (Å²) in [5, 5.41) is 11.6. The minimum Gasteiger partial charge on any atom is -0.508 e. The molecule has 0 saturated carbocycles. The van der Waals surface area contributed by atoms with Gasteiger partial charge in [0.2, 0.25) is 0 Å². The Hall–Kier alpha value is -3.62. The number of aromatic hydroxyl groups is 1. The van der Waals surface area contributed by atoms with Crippen molar-refractivity contribution >= 4 is 20.6 Å². The van der Waals surface area contributed by atoms with Gasteiger partial charge in [0.25, 0.3) is 0 Å². The Balaban J connectivity index is 1.36. The Morgan fingerprint density at radius 3 is 2.39 bits per heavy atom. The van der Waals surface area contributed by atoms with Gasteiger partial charge in [-0.3, -0.25) is 9.29 Å². The zero-order valence-electron chi connectivity index (χ0n) is 21.1. The standard InChI is InChI=1S/C30H30FNO5S/c1-38(34,35)27-10-2-22(3-11-27)28-12-4-23-18-24(33)5-13-29(23)30(28)37-26-8-6-25(7-9-26)36-17-16-32-15-14-21(19-31)20-32/h2-13,18,21,33H,14-17,19-20H2,1H3. The van der Waals surface area contributed by atoms with Gasteiger partial charge in [0.05, 0.1) is 11.6 Å². The van der Waals surface area contributed by atoms with Gasteiger partial charge >= 0.3 is 0 Å². The van der Waals surface area contributed by atoms with Crippen LogP contribution in [0.5, 0.6) is 23.0 Å². The fourth-order valence-electron chi connectivity index (χ4n) is 4.76. The number of nitrogens with zero attached hydrogens (tertiary/aromatic N) is 1. The topological polar surface area (TPSA) is 76.1 Å². The molecule has 1 aliphatic rings. The third kappa shape index (κ3) is 5.92. The fraction of sp³-hybridized carbons (Fsp3) is 0.267. The minimum atomic E-state index is -3.31. The average Bonchev–Trinajstić information content (AvgIpc) is 3.37. The van der Waals surface area contributed by atoms with E-state index < -0.39 is 9.84 Å². The molecule has 1 aliphatic heterocycles. The second kappa shape index (κ2) is 11.0. The van der Waals surface area contributed by atoms with E-state index in [4.69, 9.17) is 9.47 Å². The van der Waals surface area contributed by atoms with Gasteiger partial charge in [-0.2, -0.15) is 0 Å². The van der Waals surface area contributed by atoms with E-state index in [-0.39, 0.29) is 23.2 Å². The number of likely N-dealkylation sites (tertiary alicyclic amines) is 1. The summed E-state index contributed by atoms with van der Waals surface area (Å²) < 4.78 is 48.9. The number of rotatable bonds is 9. The molecule has 0 amide bonds. The van der Waals surface area contributed by atoms with Crippen LogP contribution in [-0.2, 0) is 9.84 Å². The summed E-state index contributed by atoms with van der Waals surface area (Å²) >= 11 is 0. The highest BCUT2D eigenvalue weighted by Crippen LogP contribution is 2.41. The lowest BCUT2D eigenvalue weighted by molar-refractivity contribution is 0.228. The molecule has 0 spiro atoms. The third-order valence-electron chi connectivity index (χ3n) is 6.86. The molecule has 1 saturated heterocycles. The molecule has 38 heavy (non-hydrogen) atoms. The number of ether oxygens (including phenoxy) is 2. The van der Waals surface area contributed by atoms with E-state index in [1.165, 1.54) is 6.26 Å². The molecule has 0 radical (unpaired) electrons. The largest absolute Gasteiger partial charge is 0.508 e. The zero-order valence-corrected chi connectivity index (χ0v) is 22.0. The van der Waals surface area contributed by atoms with Crippen LogP contribution in [-0.4, -0.2) is 57.6 Å². The molecule has 4 aromatic rings. The van der Waals surface area contributed by atoms with Crippen molar-refractivity contribution < 1.29 is 27.4 Å². The molecule has 4 aromatic carbocycles. The number of fused-ring (bicyclic) bond motifs is 1. The van der Waals surface area contributed by atoms with Crippen LogP contribution < -0.4 is 9.47 Å². The van der Waals surface area contributed by atoms with Crippen LogP contribution in [0.4, 0.5) is 4.39 Å². The number of hydrogen-bond donors (Lipinski definition) is 1. The maximum absolute atomic E-state index is 12.8. The number of phenols is 1. The highest BCUT2D eigenvalue weighted by atomic mass is 32.2. The predicted molar refractivity (Wildman–Crippen MR) is 147 cm³/mol. The Bertz CT molecular complexity index is 1520. The fourth-order valence-corrected chi connectivity index (χ4v) is 5.39. The van der Waals surface area contributed by atoms with Crippen molar-refractivity contribution in [2.75, 3.05) is 39.2 Å². The number of sulfone groups is 1. The van der Waals surface area contributed by atoms with Crippen molar-refractivity contribution in [3.05, 3.63) is 78.9 Å². The molecule has 1 atom stereocenters. The Kier molecular flexibility index (Phi) is 7.53. The first-order valence-electron chi connectivity index (χ1n) is 12.6. The second-order valence-corrected chi connectivity index (χ2v) is 11.7. The molecule has 8 heteroatoms. The van der Waals surface area contributed by atoms with E-state index in [1.54, 1.807) is 42.5 Å². The predicted octanol–water partition coefficient (Wildman–Crippen LogP) is 6.08. The summed E-state index contributed by atoms with van der Waals surface area (Å²) in [4.78, 5) is 2.47. The monoisotopic (exact) mass is 535 g/mol. The van der Waals surface area contributed by atoms with E-state index in [1.807, 2.05) is 36.4 Å². The number of hydrogen-bond acceptors (Lipinski definition) is 6. The lowest BCUT2D eigenvalue weighted by Gasteiger charge is -2.17. The van der Waals surface area contributed by atoms with Crippen molar-refractivity contribution in [1.82, 2.24) is 4.90 Å². The molecule has 0 bridgehead atoms. The summed E-state index contributed by atoms with van der Waals surface area (Å²) in [6.07, 6.45) is 2.08. The van der Waals surface area contributed by atoms with Crippen LogP contribution in [0.1, 0.15) is 6.42 Å². The first-order valence-corrected chi connectivity index (χ1v) is 14.4. The maximum Gasteiger partial charge on any atom is 0.175 e. The normalized spacial score (nSPS) is 16.1. The van der Waals surface area contributed by atoms with Crippen molar-refractivity contribution in [2.45, 2.75) is 11.3 Å². The molecule has 1 fully saturated rings. The average molecular weight is 536 g/mol. The van der Waals surface area contributed by atoms with Crippen molar-refractivity contribution in [2.24, 2.45) is 5.92 Å². The molecule has 5 rings (SSSR count). The molecule has 0 aliphatic carbocycles. The molecule has 1 unspecified atom stereocenters. The molecule has 1 N–H and O–H groups in total. The lowest BCUT2D eigenvalue weighted by Crippen LogP contribution is -2.26. The number of phenolic OH excluding ortho intramolecular Hbond substituents is 1. The van der Waals surface area contributed by atoms with Gasteiger partial charge in [-0.05, 0) is 84.6 Å². The van der Waals surface area contributed by atoms with Crippen LogP contribution in [0, 0.1) is 5.92 Å². The summed E-state index contributed by atoms with van der Waals surface area (Å²) in [5.41, 5.74) is 1.60. The van der Waals surface area contributed by atoms with Crippen LogP contribution in [0.2, 0.25) is 0 Å². The van der Waals surface area contributed by atoms with Crippen molar-refractivity contribution in [3.8, 4) is 34.1 Å². The molecular formula is C30H30FNO5S. The highest BCUT2D eigenvalue weighted by Gasteiger charge is 2.21. The Morgan fingerprint density at radius 1 is 0.974 bits per heavy atom. The van der Waals surface area contributed by atoms with E-state index in [2.05, 4.69) is 4.90 Å². The van der Waals surface area contributed by atoms with Gasteiger partial charge in [0.1, 0.15) is 29.6 Å². The van der Waals surface area contributed by atoms with Gasteiger partial charge in [0.15, 0.2) is 9.84 Å². The third-order valence-corrected chi connectivity index (χ3v) is 7.98. The van der Waals surface area contributed by atoms with E-state index in [9.17, 15) is 17.9 Å². The van der Waals surface area contributed by atoms with Crippen molar-refractivity contribution in [3.63, 3.8) is 0 Å². The van der Waals surface area contributed by atoms with Crippen molar-refractivity contribution in [1.29, 1.82) is 0 Å². The van der Waals surface area contributed by atoms with Gasteiger partial charge in [-0.25, -0.2) is 8.42 Å². The summed E-state index contributed by atoms with van der Waals surface area (Å²) in [5.74, 6) is 2.23. The first-order chi connectivity index (χ1) is 18.3.